The van der Waals surface area contributed by atoms with Crippen molar-refractivity contribution in [2.24, 2.45) is 47.3 Å². The fourth-order valence-corrected chi connectivity index (χ4v) is 11.4. The Hall–Kier alpha value is -5.38. The standard InChI is InChI=1S/C60H89F2N5O13/c1-11-40-29-35(6)60(65-55(40)74)39(10)52(71)38(9)49(80-60)31-47(70)33(4)19-14-12-15-20-34(5)48-23-17-13-16-22-46(69)37(8)53(72)42(26-24-36(7)68)56(75)64-51(32(2)3)57(76)63-45(30-41-25-27-43(61)54(73)50(41)62)58(77)67-28-18-21-44(66-67)59(78)79-48/h12-13,15-17,20,22,25,27,32-33,35,37-40,42,44-49,51-53,66,69-73H,11,14,18-19,21,23-24,26,28-31H2,1-10H3,(H,63,76)(H,64,75)(H,65,74)/b15-12+,17-13+,22-16+,34-20+/t33-,35-,37-,38-,39-,40-,42+,44?,45-,46-,47-,48-,49-,51-,52-,53+,60+/m0/s1. The van der Waals surface area contributed by atoms with E-state index in [2.05, 4.69) is 21.4 Å². The van der Waals surface area contributed by atoms with E-state index in [1.54, 1.807) is 45.1 Å². The van der Waals surface area contributed by atoms with Crippen LogP contribution in [0.3, 0.4) is 0 Å². The van der Waals surface area contributed by atoms with E-state index in [4.69, 9.17) is 9.47 Å². The number of esters is 1. The summed E-state index contributed by atoms with van der Waals surface area (Å²) in [4.78, 5) is 82.1. The van der Waals surface area contributed by atoms with Gasteiger partial charge in [0.25, 0.3) is 5.91 Å². The third-order valence-electron chi connectivity index (χ3n) is 17.1. The Bertz CT molecular complexity index is 2450. The number of nitrogens with zero attached hydrogens (tertiary/aromatic N) is 1. The molecule has 2 bridgehead atoms. The van der Waals surface area contributed by atoms with E-state index >= 15 is 4.39 Å². The van der Waals surface area contributed by atoms with Gasteiger partial charge in [0, 0.05) is 61.8 Å². The van der Waals surface area contributed by atoms with Crippen molar-refractivity contribution in [2.75, 3.05) is 6.54 Å². The van der Waals surface area contributed by atoms with Gasteiger partial charge in [-0.05, 0) is 87.8 Å². The summed E-state index contributed by atoms with van der Waals surface area (Å²) in [5.74, 6) is -11.3. The predicted octanol–water partition coefficient (Wildman–Crippen LogP) is 5.69. The number of aliphatic hydroxyl groups excluding tert-OH is 4. The van der Waals surface area contributed by atoms with Crippen LogP contribution in [0.25, 0.3) is 0 Å². The smallest absolute Gasteiger partial charge is 0.325 e. The van der Waals surface area contributed by atoms with Gasteiger partial charge in [0.1, 0.15) is 35.7 Å². The van der Waals surface area contributed by atoms with Crippen molar-refractivity contribution in [3.8, 4) is 5.75 Å². The lowest BCUT2D eigenvalue weighted by atomic mass is 9.69. The second-order valence-electron chi connectivity index (χ2n) is 23.4. The molecule has 9 N–H and O–H groups in total. The van der Waals surface area contributed by atoms with Crippen molar-refractivity contribution in [1.82, 2.24) is 26.4 Å². The van der Waals surface area contributed by atoms with Gasteiger partial charge in [-0.15, -0.1) is 0 Å². The molecule has 1 aromatic rings. The van der Waals surface area contributed by atoms with Crippen molar-refractivity contribution in [3.05, 3.63) is 77.4 Å². The van der Waals surface area contributed by atoms with Gasteiger partial charge in [0.2, 0.25) is 17.7 Å². The lowest BCUT2D eigenvalue weighted by Crippen LogP contribution is -2.71. The molecule has 0 aliphatic carbocycles. The molecule has 4 amide bonds. The molecule has 80 heavy (non-hydrogen) atoms. The van der Waals surface area contributed by atoms with Gasteiger partial charge < -0.3 is 55.8 Å². The van der Waals surface area contributed by atoms with E-state index in [-0.39, 0.29) is 85.5 Å². The van der Waals surface area contributed by atoms with E-state index in [1.165, 1.54) is 19.9 Å². The molecular weight excluding hydrogens is 1040 g/mol. The van der Waals surface area contributed by atoms with Crippen LogP contribution in [0.4, 0.5) is 8.78 Å². The first-order valence-corrected chi connectivity index (χ1v) is 28.6. The highest BCUT2D eigenvalue weighted by Gasteiger charge is 2.57. The van der Waals surface area contributed by atoms with E-state index < -0.39 is 126 Å². The zero-order valence-electron chi connectivity index (χ0n) is 48.2. The molecule has 1 spiro atoms. The number of hydrazine groups is 1. The molecule has 4 aliphatic heterocycles. The maximum absolute atomic E-state index is 15.4. The minimum Gasteiger partial charge on any atom is -0.503 e. The Morgan fingerprint density at radius 1 is 0.950 bits per heavy atom. The number of amides is 4. The summed E-state index contributed by atoms with van der Waals surface area (Å²) in [5.41, 5.74) is 2.20. The third kappa shape index (κ3) is 16.4. The molecule has 0 saturated carbocycles. The first-order valence-electron chi connectivity index (χ1n) is 28.6. The number of piperidine rings is 1. The highest BCUT2D eigenvalue weighted by atomic mass is 19.1. The molecule has 5 rings (SSSR count). The number of allylic oxidation sites excluding steroid dienone is 5. The molecule has 1 aromatic carbocycles. The topological polar surface area (TPSA) is 273 Å². The Balaban J connectivity index is 1.37. The highest BCUT2D eigenvalue weighted by molar-refractivity contribution is 5.93. The molecule has 0 aromatic heterocycles. The first-order chi connectivity index (χ1) is 37.7. The molecule has 3 fully saturated rings. The lowest BCUT2D eigenvalue weighted by Gasteiger charge is -2.56. The van der Waals surface area contributed by atoms with Crippen LogP contribution in [0.15, 0.2) is 60.2 Å². The number of fused-ring (bicyclic) bond motifs is 2. The molecule has 4 heterocycles. The van der Waals surface area contributed by atoms with Gasteiger partial charge in [-0.2, -0.15) is 0 Å². The number of ketones is 1. The monoisotopic (exact) mass is 1130 g/mol. The summed E-state index contributed by atoms with van der Waals surface area (Å²) >= 11 is 0. The number of ether oxygens (including phenoxy) is 2. The van der Waals surface area contributed by atoms with Gasteiger partial charge in [0.15, 0.2) is 17.4 Å². The number of aromatic hydroxyl groups is 1. The molecule has 20 heteroatoms. The van der Waals surface area contributed by atoms with E-state index in [9.17, 15) is 58.7 Å². The number of Topliss-reactive ketones (excluding diaryl/α,β-unsaturated/α-hetero) is 1. The minimum absolute atomic E-state index is 0.0442. The zero-order valence-corrected chi connectivity index (χ0v) is 48.2. The van der Waals surface area contributed by atoms with Crippen LogP contribution in [-0.4, -0.2) is 133 Å². The van der Waals surface area contributed by atoms with Crippen molar-refractivity contribution in [2.45, 2.75) is 200 Å². The van der Waals surface area contributed by atoms with Crippen molar-refractivity contribution in [3.63, 3.8) is 0 Å². The number of phenolic OH excluding ortho intramolecular Hbond substituents is 1. The van der Waals surface area contributed by atoms with Gasteiger partial charge in [0.05, 0.1) is 36.4 Å². The number of phenols is 1. The number of rotatable bonds is 15. The van der Waals surface area contributed by atoms with Crippen molar-refractivity contribution in [1.29, 1.82) is 0 Å². The maximum Gasteiger partial charge on any atom is 0.325 e. The van der Waals surface area contributed by atoms with Crippen LogP contribution < -0.4 is 21.4 Å². The molecule has 1 unspecified atom stereocenters. The molecule has 17 atom stereocenters. The quantitative estimate of drug-likeness (QED) is 0.0755. The number of carbonyl (C=O) groups excluding carboxylic acids is 6. The average Bonchev–Trinajstić information content (AvgIpc) is 3.63. The Labute approximate surface area is 470 Å². The summed E-state index contributed by atoms with van der Waals surface area (Å²) in [6.45, 7) is 17.7. The third-order valence-corrected chi connectivity index (χ3v) is 17.1. The number of hydrogen-bond donors (Lipinski definition) is 9. The maximum atomic E-state index is 15.4. The van der Waals surface area contributed by atoms with E-state index in [0.29, 0.717) is 37.7 Å². The zero-order chi connectivity index (χ0) is 59.3. The van der Waals surface area contributed by atoms with E-state index in [1.807, 2.05) is 46.8 Å². The number of cyclic esters (lactones) is 1. The van der Waals surface area contributed by atoms with Crippen LogP contribution in [0, 0.1) is 59.0 Å². The number of benzene rings is 1. The summed E-state index contributed by atoms with van der Waals surface area (Å²) in [6.07, 6.45) is 8.93. The van der Waals surface area contributed by atoms with Crippen molar-refractivity contribution < 1.29 is 72.6 Å². The molecule has 0 radical (unpaired) electrons. The van der Waals surface area contributed by atoms with Crippen molar-refractivity contribution >= 4 is 35.4 Å². The van der Waals surface area contributed by atoms with Crippen LogP contribution in [0.1, 0.15) is 139 Å². The fourth-order valence-electron chi connectivity index (χ4n) is 11.4. The number of aliphatic hydroxyl groups is 4. The molecule has 446 valence electrons. The van der Waals surface area contributed by atoms with Gasteiger partial charge in [-0.3, -0.25) is 29.0 Å². The highest BCUT2D eigenvalue weighted by Crippen LogP contribution is 2.46. The Morgan fingerprint density at radius 2 is 1.66 bits per heavy atom. The number of nitrogens with one attached hydrogen (secondary N) is 4. The van der Waals surface area contributed by atoms with Crippen LogP contribution in [0.5, 0.6) is 5.75 Å². The summed E-state index contributed by atoms with van der Waals surface area (Å²) in [5, 5.41) is 65.3. The second kappa shape index (κ2) is 29.6. The predicted molar refractivity (Wildman–Crippen MR) is 295 cm³/mol. The number of halogens is 2. The Kier molecular flexibility index (Phi) is 24.2. The van der Waals surface area contributed by atoms with Gasteiger partial charge >= 0.3 is 5.97 Å². The minimum atomic E-state index is -1.60. The Morgan fingerprint density at radius 3 is 2.34 bits per heavy atom. The molecule has 4 aliphatic rings. The average molecular weight is 1130 g/mol. The fraction of sp³-hybridized carbons (Fsp3) is 0.667. The van der Waals surface area contributed by atoms with Crippen LogP contribution >= 0.6 is 0 Å². The van der Waals surface area contributed by atoms with Gasteiger partial charge in [-0.25, -0.2) is 14.2 Å². The van der Waals surface area contributed by atoms with Crippen LogP contribution in [-0.2, 0) is 44.7 Å². The molecule has 3 saturated heterocycles. The summed E-state index contributed by atoms with van der Waals surface area (Å²) in [6, 6.07) is -2.19. The second-order valence-corrected chi connectivity index (χ2v) is 23.4. The van der Waals surface area contributed by atoms with E-state index in [0.717, 1.165) is 17.1 Å². The molecular formula is C60H89F2N5O13. The normalized spacial score (nSPS) is 34.4. The van der Waals surface area contributed by atoms with Gasteiger partial charge in [-0.1, -0.05) is 104 Å². The molecule has 18 nitrogen and oxygen atoms in total. The number of carbonyl (C=O) groups is 6. The number of hydrogen-bond acceptors (Lipinski definition) is 14. The van der Waals surface area contributed by atoms with Crippen LogP contribution in [0.2, 0.25) is 0 Å². The summed E-state index contributed by atoms with van der Waals surface area (Å²) < 4.78 is 42.4. The SMILES string of the molecule is CC[C@H]1C[C@H](C)[C@@]2(NC1=O)O[C@@H](C[C@H](O)[C@@H](C)CC/C=C/C=C(\C)[C@@H]1C/C=C/C=C/[C@H](O)[C@H](C)[C@@H](O)[C@@H](CCC(C)=O)C(=O)N[C@@H](C(C)C)C(=O)N[C@@H](Cc3ccc(F)c(O)c3F)C(=O)N3CCCC(N3)C(=O)O1)[C@H](C)[C@H](O)[C@@H]2C. The first kappa shape index (κ1) is 65.4. The summed E-state index contributed by atoms with van der Waals surface area (Å²) in [7, 11) is 0. The largest absolute Gasteiger partial charge is 0.503 e. The lowest BCUT2D eigenvalue weighted by molar-refractivity contribution is -0.267.